The summed E-state index contributed by atoms with van der Waals surface area (Å²) in [5.74, 6) is 10.7. The lowest BCUT2D eigenvalue weighted by molar-refractivity contribution is -0.142. The third-order valence-electron chi connectivity index (χ3n) is 4.89. The van der Waals surface area contributed by atoms with Crippen LogP contribution in [0.15, 0.2) is 29.4 Å². The molecule has 0 bridgehead atoms. The lowest BCUT2D eigenvalue weighted by Gasteiger charge is -2.38. The van der Waals surface area contributed by atoms with Crippen LogP contribution in [0, 0.1) is 11.8 Å². The van der Waals surface area contributed by atoms with Crippen molar-refractivity contribution in [3.63, 3.8) is 0 Å². The van der Waals surface area contributed by atoms with E-state index in [1.807, 2.05) is 23.5 Å². The molecule has 0 unspecified atom stereocenters. The first-order valence-electron chi connectivity index (χ1n) is 11.3. The van der Waals surface area contributed by atoms with Gasteiger partial charge in [0.15, 0.2) is 0 Å². The molecule has 0 radical (unpaired) electrons. The van der Waals surface area contributed by atoms with Gasteiger partial charge in [-0.2, -0.15) is 0 Å². The van der Waals surface area contributed by atoms with E-state index in [1.165, 1.54) is 5.56 Å². The van der Waals surface area contributed by atoms with Gasteiger partial charge in [-0.25, -0.2) is 9.97 Å². The summed E-state index contributed by atoms with van der Waals surface area (Å²) in [6.45, 7) is 9.44. The third kappa shape index (κ3) is 6.62. The van der Waals surface area contributed by atoms with Crippen LogP contribution < -0.4 is 4.74 Å². The Labute approximate surface area is 209 Å². The lowest BCUT2D eigenvalue weighted by Crippen LogP contribution is -2.27. The maximum absolute atomic E-state index is 11.6. The van der Waals surface area contributed by atoms with Crippen molar-refractivity contribution < 1.29 is 14.3 Å². The van der Waals surface area contributed by atoms with Crippen molar-refractivity contribution in [3.05, 3.63) is 47.0 Å². The molecule has 0 aliphatic carbocycles. The molecular formula is C25H30N2O3S3. The van der Waals surface area contributed by atoms with E-state index in [0.29, 0.717) is 18.0 Å². The molecule has 1 aliphatic heterocycles. The number of aromatic nitrogens is 2. The minimum atomic E-state index is -0.327. The van der Waals surface area contributed by atoms with Crippen LogP contribution in [0.25, 0.3) is 0 Å². The number of rotatable bonds is 9. The zero-order valence-electron chi connectivity index (χ0n) is 19.6. The Morgan fingerprint density at radius 3 is 2.45 bits per heavy atom. The van der Waals surface area contributed by atoms with Crippen LogP contribution >= 0.6 is 35.3 Å². The van der Waals surface area contributed by atoms with Gasteiger partial charge in [0.1, 0.15) is 18.0 Å². The zero-order valence-corrected chi connectivity index (χ0v) is 22.1. The molecule has 1 aromatic heterocycles. The van der Waals surface area contributed by atoms with E-state index < -0.39 is 0 Å². The maximum atomic E-state index is 11.6. The van der Waals surface area contributed by atoms with E-state index in [0.717, 1.165) is 46.5 Å². The Morgan fingerprint density at radius 1 is 1.09 bits per heavy atom. The summed E-state index contributed by atoms with van der Waals surface area (Å²) in [4.78, 5) is 21.3. The molecule has 0 spiro atoms. The molecule has 0 saturated carbocycles. The zero-order chi connectivity index (χ0) is 23.7. The van der Waals surface area contributed by atoms with Crippen LogP contribution in [0.3, 0.4) is 0 Å². The maximum Gasteiger partial charge on any atom is 0.313 e. The molecule has 5 nitrogen and oxygen atoms in total. The highest BCUT2D eigenvalue weighted by atomic mass is 32.2. The van der Waals surface area contributed by atoms with Gasteiger partial charge in [-0.3, -0.25) is 4.79 Å². The van der Waals surface area contributed by atoms with Gasteiger partial charge in [-0.1, -0.05) is 32.6 Å². The highest BCUT2D eigenvalue weighted by Crippen LogP contribution is 2.55. The second-order valence-corrected chi connectivity index (χ2v) is 11.8. The van der Waals surface area contributed by atoms with Crippen molar-refractivity contribution in [3.8, 4) is 17.6 Å². The fraction of sp³-hybridized carbons (Fsp3) is 0.480. The molecule has 33 heavy (non-hydrogen) atoms. The van der Waals surface area contributed by atoms with Gasteiger partial charge in [-0.05, 0) is 36.3 Å². The first-order valence-corrected chi connectivity index (χ1v) is 14.2. The molecule has 0 fully saturated rings. The van der Waals surface area contributed by atoms with E-state index in [4.69, 9.17) is 9.47 Å². The van der Waals surface area contributed by atoms with Gasteiger partial charge in [-0.15, -0.1) is 35.3 Å². The second-order valence-electron chi connectivity index (χ2n) is 7.11. The molecule has 1 aliphatic rings. The first kappa shape index (κ1) is 25.8. The Morgan fingerprint density at radius 2 is 1.82 bits per heavy atom. The minimum Gasteiger partial charge on any atom is -0.493 e. The van der Waals surface area contributed by atoms with E-state index in [9.17, 15) is 4.79 Å². The van der Waals surface area contributed by atoms with Gasteiger partial charge in [0.2, 0.25) is 0 Å². The Kier molecular flexibility index (Phi) is 9.84. The van der Waals surface area contributed by atoms with Crippen LogP contribution in [0.1, 0.15) is 56.6 Å². The smallest absolute Gasteiger partial charge is 0.313 e. The number of hydrogen-bond donors (Lipinski definition) is 0. The number of esters is 1. The summed E-state index contributed by atoms with van der Waals surface area (Å²) in [7, 11) is 0. The molecule has 176 valence electrons. The average Bonchev–Trinajstić information content (AvgIpc) is 2.80. The van der Waals surface area contributed by atoms with Crippen LogP contribution in [0.5, 0.6) is 5.75 Å². The largest absolute Gasteiger partial charge is 0.493 e. The lowest BCUT2D eigenvalue weighted by atomic mass is 10.0. The van der Waals surface area contributed by atoms with Gasteiger partial charge in [0, 0.05) is 34.8 Å². The van der Waals surface area contributed by atoms with Gasteiger partial charge < -0.3 is 9.47 Å². The molecule has 3 rings (SSSR count). The Balaban J connectivity index is 1.93. The summed E-state index contributed by atoms with van der Waals surface area (Å²) in [5.41, 5.74) is 2.94. The molecule has 2 aromatic rings. The molecule has 0 amide bonds. The van der Waals surface area contributed by atoms with Crippen molar-refractivity contribution in [1.29, 1.82) is 0 Å². The second kappa shape index (κ2) is 12.6. The summed E-state index contributed by atoms with van der Waals surface area (Å²) < 4.78 is 11.0. The monoisotopic (exact) mass is 502 g/mol. The van der Waals surface area contributed by atoms with E-state index in [-0.39, 0.29) is 16.5 Å². The molecule has 1 aromatic carbocycles. The summed E-state index contributed by atoms with van der Waals surface area (Å²) in [6.07, 6.45) is 4.37. The van der Waals surface area contributed by atoms with Crippen LogP contribution in [-0.2, 0) is 20.0 Å². The molecule has 0 atom stereocenters. The number of benzene rings is 1. The third-order valence-corrected chi connectivity index (χ3v) is 8.89. The standard InChI is InChI=1S/C25H30N2O3S3/c1-5-29-24(28)15-23-26-16-18(17-27-23)9-10-19-13-20-21(14-22(19)31-6-2)30-12-11-25(20,32-7-3)33-8-4/h13-14,16-17H,5-8,11-12,15H2,1-4H3. The number of ether oxygens (including phenoxy) is 2. The Hall–Kier alpha value is -1.82. The van der Waals surface area contributed by atoms with Crippen molar-refractivity contribution in [2.75, 3.05) is 30.5 Å². The molecule has 8 heteroatoms. The van der Waals surface area contributed by atoms with Crippen LogP contribution in [0.2, 0.25) is 0 Å². The number of nitrogens with zero attached hydrogens (tertiary/aromatic N) is 2. The molecule has 0 saturated heterocycles. The van der Waals surface area contributed by atoms with Crippen LogP contribution in [-0.4, -0.2) is 46.4 Å². The Bertz CT molecular complexity index is 1010. The molecular weight excluding hydrogens is 472 g/mol. The topological polar surface area (TPSA) is 61.3 Å². The number of carbonyl (C=O) groups excluding carboxylic acids is 1. The fourth-order valence-electron chi connectivity index (χ4n) is 3.58. The highest BCUT2D eigenvalue weighted by Gasteiger charge is 2.38. The van der Waals surface area contributed by atoms with Crippen molar-refractivity contribution in [2.24, 2.45) is 0 Å². The summed E-state index contributed by atoms with van der Waals surface area (Å²) >= 11 is 5.75. The molecule has 2 heterocycles. The van der Waals surface area contributed by atoms with E-state index in [2.05, 4.69) is 54.7 Å². The van der Waals surface area contributed by atoms with Gasteiger partial charge in [0.05, 0.1) is 22.9 Å². The number of carbonyl (C=O) groups is 1. The van der Waals surface area contributed by atoms with Gasteiger partial charge in [0.25, 0.3) is 0 Å². The number of hydrogen-bond acceptors (Lipinski definition) is 8. The summed E-state index contributed by atoms with van der Waals surface area (Å²) in [5, 5.41) is 0. The highest BCUT2D eigenvalue weighted by molar-refractivity contribution is 8.17. The van der Waals surface area contributed by atoms with Crippen LogP contribution in [0.4, 0.5) is 0 Å². The minimum absolute atomic E-state index is 0.000775. The summed E-state index contributed by atoms with van der Waals surface area (Å²) in [6, 6.07) is 4.38. The predicted molar refractivity (Wildman–Crippen MR) is 139 cm³/mol. The van der Waals surface area contributed by atoms with Crippen molar-refractivity contribution in [2.45, 2.75) is 49.5 Å². The average molecular weight is 503 g/mol. The van der Waals surface area contributed by atoms with Crippen molar-refractivity contribution in [1.82, 2.24) is 9.97 Å². The van der Waals surface area contributed by atoms with Crippen molar-refractivity contribution >= 4 is 41.3 Å². The SMILES string of the molecule is CCOC(=O)Cc1ncc(C#Cc2cc3c(cc2SCC)OCCC3(SCC)SCC)cn1. The molecule has 0 N–H and O–H groups in total. The normalized spacial score (nSPS) is 13.9. The number of fused-ring (bicyclic) bond motifs is 1. The quantitative estimate of drug-likeness (QED) is 0.192. The van der Waals surface area contributed by atoms with E-state index in [1.54, 1.807) is 31.1 Å². The number of thioether (sulfide) groups is 3. The fourth-order valence-corrected chi connectivity index (χ4v) is 7.41. The first-order chi connectivity index (χ1) is 16.0. The van der Waals surface area contributed by atoms with Gasteiger partial charge >= 0.3 is 5.97 Å². The predicted octanol–water partition coefficient (Wildman–Crippen LogP) is 5.54. The van der Waals surface area contributed by atoms with E-state index >= 15 is 0 Å².